The lowest BCUT2D eigenvalue weighted by Crippen LogP contribution is -2.39. The van der Waals surface area contributed by atoms with E-state index in [0.717, 1.165) is 13.0 Å². The highest BCUT2D eigenvalue weighted by atomic mass is 16.2. The predicted octanol–water partition coefficient (Wildman–Crippen LogP) is -0.294. The molecule has 0 aromatic carbocycles. The maximum absolute atomic E-state index is 11.8. The van der Waals surface area contributed by atoms with Crippen molar-refractivity contribution in [2.24, 2.45) is 5.92 Å². The van der Waals surface area contributed by atoms with Gasteiger partial charge in [-0.2, -0.15) is 5.10 Å². The van der Waals surface area contributed by atoms with E-state index in [-0.39, 0.29) is 17.5 Å². The third-order valence-electron chi connectivity index (χ3n) is 2.75. The van der Waals surface area contributed by atoms with Gasteiger partial charge in [-0.1, -0.05) is 6.92 Å². The highest BCUT2D eigenvalue weighted by Crippen LogP contribution is 2.15. The molecule has 0 bridgehead atoms. The minimum absolute atomic E-state index is 0.107. The second kappa shape index (κ2) is 4.44. The first kappa shape index (κ1) is 10.8. The summed E-state index contributed by atoms with van der Waals surface area (Å²) in [5.74, 6) is 0.581. The molecule has 2 atom stereocenters. The molecule has 1 aliphatic rings. The molecule has 6 heteroatoms. The molecule has 1 fully saturated rings. The van der Waals surface area contributed by atoms with Crippen LogP contribution >= 0.6 is 0 Å². The van der Waals surface area contributed by atoms with Crippen molar-refractivity contribution in [3.8, 4) is 0 Å². The number of hydrogen-bond donors (Lipinski definition) is 3. The summed E-state index contributed by atoms with van der Waals surface area (Å²) in [6.07, 6.45) is 0.997. The van der Waals surface area contributed by atoms with E-state index in [9.17, 15) is 9.59 Å². The van der Waals surface area contributed by atoms with E-state index in [2.05, 4.69) is 20.8 Å². The van der Waals surface area contributed by atoms with E-state index < -0.39 is 0 Å². The van der Waals surface area contributed by atoms with E-state index in [4.69, 9.17) is 0 Å². The fourth-order valence-corrected chi connectivity index (χ4v) is 1.80. The normalized spacial score (nSPS) is 24.3. The molecule has 2 rings (SSSR count). The number of H-pyrrole nitrogens is 1. The number of hydrogen-bond acceptors (Lipinski definition) is 4. The minimum atomic E-state index is -0.287. The van der Waals surface area contributed by atoms with Gasteiger partial charge in [0.15, 0.2) is 5.82 Å². The Hall–Kier alpha value is -1.69. The van der Waals surface area contributed by atoms with E-state index in [1.165, 1.54) is 12.1 Å². The average molecular weight is 222 g/mol. The summed E-state index contributed by atoms with van der Waals surface area (Å²) >= 11 is 0. The highest BCUT2D eigenvalue weighted by Gasteiger charge is 2.29. The molecule has 86 valence electrons. The van der Waals surface area contributed by atoms with Crippen LogP contribution in [0.2, 0.25) is 0 Å². The Bertz CT molecular complexity index is 422. The van der Waals surface area contributed by atoms with Crippen LogP contribution in [0.3, 0.4) is 0 Å². The summed E-state index contributed by atoms with van der Waals surface area (Å²) in [5, 5.41) is 11.8. The van der Waals surface area contributed by atoms with Crippen LogP contribution in [0.1, 0.15) is 13.3 Å². The number of nitrogens with zero attached hydrogens (tertiary/aromatic N) is 1. The van der Waals surface area contributed by atoms with Gasteiger partial charge in [-0.05, 0) is 24.9 Å². The predicted molar refractivity (Wildman–Crippen MR) is 59.1 cm³/mol. The van der Waals surface area contributed by atoms with Crippen molar-refractivity contribution in [2.75, 3.05) is 11.9 Å². The molecular formula is C10H14N4O2. The van der Waals surface area contributed by atoms with Crippen molar-refractivity contribution in [3.05, 3.63) is 22.5 Å². The summed E-state index contributed by atoms with van der Waals surface area (Å²) in [6, 6.07) is 2.64. The molecule has 0 radical (unpaired) electrons. The quantitative estimate of drug-likeness (QED) is 0.641. The Labute approximate surface area is 92.4 Å². The van der Waals surface area contributed by atoms with Crippen molar-refractivity contribution < 1.29 is 4.79 Å². The summed E-state index contributed by atoms with van der Waals surface area (Å²) < 4.78 is 0. The third kappa shape index (κ3) is 2.27. The number of carbonyl (C=O) groups excluding carboxylic acids is 1. The molecule has 3 N–H and O–H groups in total. The number of anilines is 1. The highest BCUT2D eigenvalue weighted by molar-refractivity contribution is 5.94. The molecule has 0 spiro atoms. The zero-order chi connectivity index (χ0) is 11.5. The van der Waals surface area contributed by atoms with Gasteiger partial charge < -0.3 is 10.6 Å². The van der Waals surface area contributed by atoms with Crippen LogP contribution < -0.4 is 16.2 Å². The summed E-state index contributed by atoms with van der Waals surface area (Å²) in [7, 11) is 0. The van der Waals surface area contributed by atoms with E-state index >= 15 is 0 Å². The number of carbonyl (C=O) groups is 1. The summed E-state index contributed by atoms with van der Waals surface area (Å²) in [4.78, 5) is 22.6. The van der Waals surface area contributed by atoms with Crippen LogP contribution in [-0.4, -0.2) is 28.7 Å². The SMILES string of the molecule is CC1CCNC1C(=O)Nc1ccc(=O)[nH]n1. The smallest absolute Gasteiger partial charge is 0.264 e. The largest absolute Gasteiger partial charge is 0.308 e. The molecule has 1 aromatic heterocycles. The maximum atomic E-state index is 11.8. The van der Waals surface area contributed by atoms with Crippen LogP contribution in [-0.2, 0) is 4.79 Å². The number of amides is 1. The second-order valence-corrected chi connectivity index (χ2v) is 3.99. The lowest BCUT2D eigenvalue weighted by atomic mass is 10.0. The van der Waals surface area contributed by atoms with Gasteiger partial charge in [0, 0.05) is 6.07 Å². The molecule has 1 aliphatic heterocycles. The number of rotatable bonds is 2. The molecule has 0 aliphatic carbocycles. The molecule has 16 heavy (non-hydrogen) atoms. The second-order valence-electron chi connectivity index (χ2n) is 3.99. The topological polar surface area (TPSA) is 86.9 Å². The van der Waals surface area contributed by atoms with Gasteiger partial charge >= 0.3 is 0 Å². The first-order valence-electron chi connectivity index (χ1n) is 5.27. The van der Waals surface area contributed by atoms with E-state index in [1.807, 2.05) is 6.92 Å². The summed E-state index contributed by atoms with van der Waals surface area (Å²) in [6.45, 7) is 2.89. The molecule has 0 saturated carbocycles. The van der Waals surface area contributed by atoms with Crippen molar-refractivity contribution in [3.63, 3.8) is 0 Å². The van der Waals surface area contributed by atoms with Crippen LogP contribution in [0, 0.1) is 5.92 Å². The van der Waals surface area contributed by atoms with Gasteiger partial charge in [0.1, 0.15) is 0 Å². The number of aromatic nitrogens is 2. The van der Waals surface area contributed by atoms with Crippen molar-refractivity contribution in [1.29, 1.82) is 0 Å². The Kier molecular flexibility index (Phi) is 3.00. The lowest BCUT2D eigenvalue weighted by molar-refractivity contribution is -0.118. The molecule has 2 heterocycles. The van der Waals surface area contributed by atoms with Crippen molar-refractivity contribution in [1.82, 2.24) is 15.5 Å². The Morgan fingerprint density at radius 3 is 2.94 bits per heavy atom. The fourth-order valence-electron chi connectivity index (χ4n) is 1.80. The molecule has 1 aromatic rings. The monoisotopic (exact) mass is 222 g/mol. The van der Waals surface area contributed by atoms with Crippen LogP contribution in [0.15, 0.2) is 16.9 Å². The zero-order valence-corrected chi connectivity index (χ0v) is 8.99. The molecular weight excluding hydrogens is 208 g/mol. The van der Waals surface area contributed by atoms with E-state index in [0.29, 0.717) is 11.7 Å². The van der Waals surface area contributed by atoms with Crippen LogP contribution in [0.5, 0.6) is 0 Å². The molecule has 6 nitrogen and oxygen atoms in total. The molecule has 2 unspecified atom stereocenters. The van der Waals surface area contributed by atoms with E-state index in [1.54, 1.807) is 0 Å². The van der Waals surface area contributed by atoms with Gasteiger partial charge in [-0.15, -0.1) is 0 Å². The van der Waals surface area contributed by atoms with Gasteiger partial charge in [-0.3, -0.25) is 9.59 Å². The first-order valence-corrected chi connectivity index (χ1v) is 5.27. The van der Waals surface area contributed by atoms with Crippen molar-refractivity contribution in [2.45, 2.75) is 19.4 Å². The number of aromatic amines is 1. The maximum Gasteiger partial charge on any atom is 0.264 e. The Morgan fingerprint density at radius 1 is 1.56 bits per heavy atom. The fraction of sp³-hybridized carbons (Fsp3) is 0.500. The van der Waals surface area contributed by atoms with Gasteiger partial charge in [0.2, 0.25) is 5.91 Å². The van der Waals surface area contributed by atoms with Crippen LogP contribution in [0.4, 0.5) is 5.82 Å². The van der Waals surface area contributed by atoms with Gasteiger partial charge in [-0.25, -0.2) is 5.10 Å². The standard InChI is InChI=1S/C10H14N4O2/c1-6-4-5-11-9(6)10(16)12-7-2-3-8(15)14-13-7/h2-3,6,9,11H,4-5H2,1H3,(H,14,15)(H,12,13,16). The molecule has 1 amide bonds. The average Bonchev–Trinajstić information content (AvgIpc) is 2.68. The summed E-state index contributed by atoms with van der Waals surface area (Å²) in [5.41, 5.74) is -0.287. The third-order valence-corrected chi connectivity index (χ3v) is 2.75. The zero-order valence-electron chi connectivity index (χ0n) is 8.99. The number of nitrogens with one attached hydrogen (secondary N) is 3. The lowest BCUT2D eigenvalue weighted by Gasteiger charge is -2.14. The first-order chi connectivity index (χ1) is 7.66. The molecule has 1 saturated heterocycles. The Balaban J connectivity index is 2.01. The van der Waals surface area contributed by atoms with Gasteiger partial charge in [0.25, 0.3) is 5.56 Å². The van der Waals surface area contributed by atoms with Crippen LogP contribution in [0.25, 0.3) is 0 Å². The van der Waals surface area contributed by atoms with Crippen molar-refractivity contribution >= 4 is 11.7 Å². The minimum Gasteiger partial charge on any atom is -0.308 e. The Morgan fingerprint density at radius 2 is 2.38 bits per heavy atom. The van der Waals surface area contributed by atoms with Gasteiger partial charge in [0.05, 0.1) is 6.04 Å².